The van der Waals surface area contributed by atoms with E-state index in [4.69, 9.17) is 25.5 Å². The molecule has 0 bridgehead atoms. The Hall–Kier alpha value is -9.32. The zero-order chi connectivity index (χ0) is 50.7. The van der Waals surface area contributed by atoms with Gasteiger partial charge in [-0.25, -0.2) is 10.1 Å². The third-order valence-corrected chi connectivity index (χ3v) is 15.6. The van der Waals surface area contributed by atoms with Crippen LogP contribution in [0, 0.1) is 17.9 Å². The van der Waals surface area contributed by atoms with E-state index in [0.717, 1.165) is 121 Å². The summed E-state index contributed by atoms with van der Waals surface area (Å²) in [4.78, 5) is 12.6. The van der Waals surface area contributed by atoms with Crippen molar-refractivity contribution >= 4 is 62.4 Å². The fourth-order valence-corrected chi connectivity index (χ4v) is 11.5. The smallest absolute Gasteiger partial charge is 0.270 e. The molecule has 0 saturated heterocycles. The van der Waals surface area contributed by atoms with E-state index in [-0.39, 0.29) is 5.70 Å². The molecule has 358 valence electrons. The number of benzene rings is 8. The van der Waals surface area contributed by atoms with Gasteiger partial charge >= 0.3 is 0 Å². The molecular weight excluding hydrogens is 953 g/mol. The van der Waals surface area contributed by atoms with Crippen LogP contribution >= 0.6 is 22.7 Å². The number of hydrogen-bond donors (Lipinski definition) is 0. The normalized spacial score (nSPS) is 11.2. The molecule has 1 aliphatic rings. The standard InChI is InChI=1S/C64H46N4O4S2/c1-66-59(40-65)64-57-38-43(62-36-34-60(73-62)41-6-12-45(13-7-41)67(47-16-24-51(69-2)25-17-47)48-18-26-52(70-3)27-19-48)10-32-55(57)56-33-11-44(39-58(56)64)63-37-35-61(74-63)42-8-14-46(15-9-42)68(49-20-28-53(71-4)29-21-49)50-22-30-54(72-5)31-23-50/h6-39H,2-5H3. The van der Waals surface area contributed by atoms with Gasteiger partial charge in [0.2, 0.25) is 0 Å². The number of nitrogens with zero attached hydrogens (tertiary/aromatic N) is 4. The van der Waals surface area contributed by atoms with Crippen LogP contribution in [-0.2, 0) is 0 Å². The maximum atomic E-state index is 10.4. The minimum atomic E-state index is 0.0786. The van der Waals surface area contributed by atoms with Crippen LogP contribution in [0.2, 0.25) is 0 Å². The first-order valence-electron chi connectivity index (χ1n) is 23.8. The second-order valence-electron chi connectivity index (χ2n) is 17.4. The van der Waals surface area contributed by atoms with Crippen LogP contribution in [0.5, 0.6) is 23.0 Å². The number of anilines is 6. The van der Waals surface area contributed by atoms with E-state index in [1.165, 1.54) is 0 Å². The van der Waals surface area contributed by atoms with Gasteiger partial charge in [0.15, 0.2) is 0 Å². The Morgan fingerprint density at radius 2 is 0.649 bits per heavy atom. The van der Waals surface area contributed by atoms with Gasteiger partial charge in [0.1, 0.15) is 23.0 Å². The van der Waals surface area contributed by atoms with Crippen LogP contribution in [0.1, 0.15) is 11.1 Å². The molecule has 74 heavy (non-hydrogen) atoms. The monoisotopic (exact) mass is 998 g/mol. The molecule has 11 rings (SSSR count). The van der Waals surface area contributed by atoms with Crippen LogP contribution in [-0.4, -0.2) is 28.4 Å². The molecule has 0 unspecified atom stereocenters. The highest BCUT2D eigenvalue weighted by atomic mass is 32.1. The molecule has 10 aromatic rings. The van der Waals surface area contributed by atoms with Gasteiger partial charge in [-0.2, -0.15) is 0 Å². The van der Waals surface area contributed by atoms with Gasteiger partial charge in [0.25, 0.3) is 5.70 Å². The van der Waals surface area contributed by atoms with Gasteiger partial charge in [-0.3, -0.25) is 0 Å². The van der Waals surface area contributed by atoms with E-state index in [9.17, 15) is 5.26 Å². The van der Waals surface area contributed by atoms with E-state index in [0.29, 0.717) is 5.57 Å². The summed E-state index contributed by atoms with van der Waals surface area (Å²) in [5.41, 5.74) is 14.9. The first-order chi connectivity index (χ1) is 36.4. The van der Waals surface area contributed by atoms with Gasteiger partial charge < -0.3 is 28.7 Å². The minimum absolute atomic E-state index is 0.0786. The molecule has 0 aliphatic heterocycles. The van der Waals surface area contributed by atoms with Gasteiger partial charge in [-0.15, -0.1) is 22.7 Å². The lowest BCUT2D eigenvalue weighted by molar-refractivity contribution is 0.414. The van der Waals surface area contributed by atoms with Crippen molar-refractivity contribution in [2.45, 2.75) is 0 Å². The van der Waals surface area contributed by atoms with Crippen molar-refractivity contribution in [3.05, 3.63) is 234 Å². The molecule has 10 heteroatoms. The Labute approximate surface area is 438 Å². The molecule has 0 saturated carbocycles. The average molecular weight is 999 g/mol. The van der Waals surface area contributed by atoms with Crippen LogP contribution in [0.4, 0.5) is 34.1 Å². The van der Waals surface area contributed by atoms with E-state index >= 15 is 0 Å². The molecule has 8 nitrogen and oxygen atoms in total. The minimum Gasteiger partial charge on any atom is -0.497 e. The third-order valence-electron chi connectivity index (χ3n) is 13.2. The summed E-state index contributed by atoms with van der Waals surface area (Å²) in [6.07, 6.45) is 0. The molecule has 0 N–H and O–H groups in total. The lowest BCUT2D eigenvalue weighted by Gasteiger charge is -2.26. The van der Waals surface area contributed by atoms with Crippen LogP contribution in [0.25, 0.3) is 63.3 Å². The van der Waals surface area contributed by atoms with Crippen LogP contribution < -0.4 is 28.7 Å². The lowest BCUT2D eigenvalue weighted by atomic mass is 9.99. The predicted octanol–water partition coefficient (Wildman–Crippen LogP) is 17.6. The molecule has 0 atom stereocenters. The molecule has 1 aliphatic carbocycles. The maximum Gasteiger partial charge on any atom is 0.270 e. The highest BCUT2D eigenvalue weighted by molar-refractivity contribution is 7.19. The largest absolute Gasteiger partial charge is 0.497 e. The van der Waals surface area contributed by atoms with Crippen molar-refractivity contribution in [2.24, 2.45) is 0 Å². The Bertz CT molecular complexity index is 3430. The first kappa shape index (κ1) is 47.0. The summed E-state index contributed by atoms with van der Waals surface area (Å²) in [7, 11) is 6.69. The fraction of sp³-hybridized carbons (Fsp3) is 0.0625. The second kappa shape index (κ2) is 20.4. The van der Waals surface area contributed by atoms with Gasteiger partial charge in [-0.05, 0) is 202 Å². The number of allylic oxidation sites excluding steroid dienone is 1. The van der Waals surface area contributed by atoms with Gasteiger partial charge in [0.05, 0.1) is 41.1 Å². The SMILES string of the molecule is [C-]#[N+]C(C#N)=C1c2cc(-c3ccc(-c4ccc(N(c5ccc(OC)cc5)c5ccc(OC)cc5)cc4)s3)ccc2-c2ccc(-c3ccc(-c4ccc(N(c5ccc(OC)cc5)c5ccc(OC)cc5)cc4)s3)cc21. The average Bonchev–Trinajstić information content (AvgIpc) is 4.24. The lowest BCUT2D eigenvalue weighted by Crippen LogP contribution is -2.09. The van der Waals surface area contributed by atoms with Gasteiger partial charge in [-0.1, -0.05) is 48.5 Å². The van der Waals surface area contributed by atoms with E-state index in [1.54, 1.807) is 51.1 Å². The molecule has 0 spiro atoms. The van der Waals surface area contributed by atoms with E-state index in [2.05, 4.69) is 178 Å². The summed E-state index contributed by atoms with van der Waals surface area (Å²) >= 11 is 3.43. The number of nitriles is 1. The van der Waals surface area contributed by atoms with E-state index in [1.807, 2.05) is 48.5 Å². The summed E-state index contributed by atoms with van der Waals surface area (Å²) in [5.74, 6) is 3.18. The van der Waals surface area contributed by atoms with Crippen LogP contribution in [0.3, 0.4) is 0 Å². The number of hydrogen-bond acceptors (Lipinski definition) is 9. The second-order valence-corrected chi connectivity index (χ2v) is 19.5. The Kier molecular flexibility index (Phi) is 13.0. The third kappa shape index (κ3) is 9.01. The fourth-order valence-electron chi connectivity index (χ4n) is 9.48. The quantitative estimate of drug-likeness (QED) is 0.0794. The number of rotatable bonds is 14. The highest BCUT2D eigenvalue weighted by Crippen LogP contribution is 2.50. The van der Waals surface area contributed by atoms with Crippen LogP contribution in [0.15, 0.2) is 212 Å². The number of fused-ring (bicyclic) bond motifs is 3. The van der Waals surface area contributed by atoms with Crippen molar-refractivity contribution in [2.75, 3.05) is 38.2 Å². The van der Waals surface area contributed by atoms with Gasteiger partial charge in [0, 0.05) is 59.2 Å². The van der Waals surface area contributed by atoms with E-state index < -0.39 is 0 Å². The Balaban J connectivity index is 0.853. The number of methoxy groups -OCH3 is 4. The zero-order valence-corrected chi connectivity index (χ0v) is 42.5. The molecule has 0 amide bonds. The van der Waals surface area contributed by atoms with Crippen molar-refractivity contribution in [3.63, 3.8) is 0 Å². The highest BCUT2D eigenvalue weighted by Gasteiger charge is 2.28. The molecule has 8 aromatic carbocycles. The molecule has 0 radical (unpaired) electrons. The number of ether oxygens (including phenoxy) is 4. The predicted molar refractivity (Wildman–Crippen MR) is 303 cm³/mol. The summed E-state index contributed by atoms with van der Waals surface area (Å²) in [5, 5.41) is 10.4. The number of thiophene rings is 2. The molecule has 2 aromatic heterocycles. The summed E-state index contributed by atoms with van der Waals surface area (Å²) < 4.78 is 21.8. The topological polar surface area (TPSA) is 71.6 Å². The van der Waals surface area contributed by atoms with Crippen molar-refractivity contribution < 1.29 is 18.9 Å². The first-order valence-corrected chi connectivity index (χ1v) is 25.4. The summed E-state index contributed by atoms with van der Waals surface area (Å²) in [6, 6.07) is 73.1. The summed E-state index contributed by atoms with van der Waals surface area (Å²) in [6.45, 7) is 8.11. The Morgan fingerprint density at radius 3 is 0.919 bits per heavy atom. The zero-order valence-electron chi connectivity index (χ0n) is 40.9. The maximum absolute atomic E-state index is 10.4. The van der Waals surface area contributed by atoms with Crippen molar-refractivity contribution in [1.82, 2.24) is 0 Å². The molecule has 2 heterocycles. The molecule has 0 fully saturated rings. The Morgan fingerprint density at radius 1 is 0.378 bits per heavy atom. The van der Waals surface area contributed by atoms with Crippen molar-refractivity contribution in [3.8, 4) is 82.0 Å². The molecular formula is C64H46N4O4S2. The van der Waals surface area contributed by atoms with Crippen molar-refractivity contribution in [1.29, 1.82) is 5.26 Å².